The SMILES string of the molecule is CCOC(=O)c1c(C)[nH]c(C(=O)NCCCCN2CC(C)CC(C)C2)c1C. The molecule has 6 heteroatoms. The van der Waals surface area contributed by atoms with Crippen LogP contribution < -0.4 is 5.32 Å². The second-order valence-corrected chi connectivity index (χ2v) is 8.01. The number of unbranched alkanes of at least 4 members (excludes halogenated alkanes) is 1. The van der Waals surface area contributed by atoms with Gasteiger partial charge in [0, 0.05) is 25.3 Å². The highest BCUT2D eigenvalue weighted by molar-refractivity contribution is 6.00. The highest BCUT2D eigenvalue weighted by Gasteiger charge is 2.23. The van der Waals surface area contributed by atoms with Crippen molar-refractivity contribution < 1.29 is 14.3 Å². The molecule has 2 rings (SSSR count). The Morgan fingerprint density at radius 1 is 1.19 bits per heavy atom. The highest BCUT2D eigenvalue weighted by atomic mass is 16.5. The normalized spacial score (nSPS) is 20.5. The van der Waals surface area contributed by atoms with Crippen molar-refractivity contribution in [2.75, 3.05) is 32.8 Å². The van der Waals surface area contributed by atoms with E-state index < -0.39 is 0 Å². The number of hydrogen-bond acceptors (Lipinski definition) is 4. The van der Waals surface area contributed by atoms with Gasteiger partial charge >= 0.3 is 5.97 Å². The van der Waals surface area contributed by atoms with Gasteiger partial charge in [0.1, 0.15) is 5.69 Å². The van der Waals surface area contributed by atoms with Crippen LogP contribution in [0.25, 0.3) is 0 Å². The van der Waals surface area contributed by atoms with Crippen LogP contribution in [0.2, 0.25) is 0 Å². The fraction of sp³-hybridized carbons (Fsp3) is 0.714. The zero-order chi connectivity index (χ0) is 20.0. The van der Waals surface area contributed by atoms with Gasteiger partial charge in [-0.3, -0.25) is 4.79 Å². The first-order valence-corrected chi connectivity index (χ1v) is 10.2. The monoisotopic (exact) mass is 377 g/mol. The minimum absolute atomic E-state index is 0.161. The van der Waals surface area contributed by atoms with E-state index in [1.54, 1.807) is 20.8 Å². The third-order valence-electron chi connectivity index (χ3n) is 5.28. The molecule has 2 atom stereocenters. The first-order valence-electron chi connectivity index (χ1n) is 10.2. The molecule has 1 aromatic rings. The summed E-state index contributed by atoms with van der Waals surface area (Å²) < 4.78 is 5.07. The molecule has 1 amide bonds. The maximum absolute atomic E-state index is 12.5. The van der Waals surface area contributed by atoms with Crippen molar-refractivity contribution in [3.8, 4) is 0 Å². The van der Waals surface area contributed by atoms with Crippen LogP contribution in [0.4, 0.5) is 0 Å². The van der Waals surface area contributed by atoms with Crippen LogP contribution in [-0.4, -0.2) is 54.5 Å². The van der Waals surface area contributed by atoms with E-state index in [4.69, 9.17) is 4.74 Å². The van der Waals surface area contributed by atoms with Gasteiger partial charge in [-0.15, -0.1) is 0 Å². The molecule has 1 fully saturated rings. The molecule has 1 aromatic heterocycles. The van der Waals surface area contributed by atoms with Gasteiger partial charge in [0.25, 0.3) is 5.91 Å². The molecule has 6 nitrogen and oxygen atoms in total. The average Bonchev–Trinajstić information content (AvgIpc) is 2.88. The van der Waals surface area contributed by atoms with Gasteiger partial charge in [-0.1, -0.05) is 13.8 Å². The Bertz CT molecular complexity index is 643. The largest absolute Gasteiger partial charge is 0.462 e. The lowest BCUT2D eigenvalue weighted by atomic mass is 9.92. The molecule has 1 aliphatic rings. The molecule has 0 aliphatic carbocycles. The Kier molecular flexibility index (Phi) is 7.90. The number of aryl methyl sites for hydroxylation is 1. The predicted molar refractivity (Wildman–Crippen MR) is 107 cm³/mol. The second-order valence-electron chi connectivity index (χ2n) is 8.01. The van der Waals surface area contributed by atoms with Crippen LogP contribution >= 0.6 is 0 Å². The molecule has 0 radical (unpaired) electrons. The van der Waals surface area contributed by atoms with Crippen LogP contribution in [0.3, 0.4) is 0 Å². The molecule has 0 spiro atoms. The van der Waals surface area contributed by atoms with Crippen molar-refractivity contribution >= 4 is 11.9 Å². The summed E-state index contributed by atoms with van der Waals surface area (Å²) in [5, 5.41) is 2.97. The fourth-order valence-electron chi connectivity index (χ4n) is 4.21. The topological polar surface area (TPSA) is 74.4 Å². The van der Waals surface area contributed by atoms with E-state index in [0.29, 0.717) is 35.7 Å². The number of rotatable bonds is 8. The first-order chi connectivity index (χ1) is 12.8. The zero-order valence-electron chi connectivity index (χ0n) is 17.5. The number of nitrogens with zero attached hydrogens (tertiary/aromatic N) is 1. The van der Waals surface area contributed by atoms with Crippen LogP contribution in [0.5, 0.6) is 0 Å². The minimum Gasteiger partial charge on any atom is -0.462 e. The fourth-order valence-corrected chi connectivity index (χ4v) is 4.21. The molecule has 152 valence electrons. The number of carbonyl (C=O) groups is 2. The number of likely N-dealkylation sites (tertiary alicyclic amines) is 1. The first kappa shape index (κ1) is 21.5. The number of aromatic nitrogens is 1. The third-order valence-corrected chi connectivity index (χ3v) is 5.28. The summed E-state index contributed by atoms with van der Waals surface area (Å²) >= 11 is 0. The number of nitrogens with one attached hydrogen (secondary N) is 2. The molecular weight excluding hydrogens is 342 g/mol. The van der Waals surface area contributed by atoms with E-state index in [-0.39, 0.29) is 11.9 Å². The van der Waals surface area contributed by atoms with Crippen molar-refractivity contribution in [3.63, 3.8) is 0 Å². The summed E-state index contributed by atoms with van der Waals surface area (Å²) in [6, 6.07) is 0. The van der Waals surface area contributed by atoms with E-state index >= 15 is 0 Å². The van der Waals surface area contributed by atoms with E-state index in [0.717, 1.165) is 31.2 Å². The number of aromatic amines is 1. The smallest absolute Gasteiger partial charge is 0.340 e. The number of hydrogen-bond donors (Lipinski definition) is 2. The maximum atomic E-state index is 12.5. The molecule has 1 saturated heterocycles. The summed E-state index contributed by atoms with van der Waals surface area (Å²) in [6.07, 6.45) is 3.36. The lowest BCUT2D eigenvalue weighted by molar-refractivity contribution is 0.0525. The molecule has 1 aliphatic heterocycles. The molecule has 0 saturated carbocycles. The van der Waals surface area contributed by atoms with Gasteiger partial charge in [0.05, 0.1) is 12.2 Å². The van der Waals surface area contributed by atoms with Crippen LogP contribution in [0, 0.1) is 25.7 Å². The lowest BCUT2D eigenvalue weighted by Gasteiger charge is -2.34. The average molecular weight is 378 g/mol. The van der Waals surface area contributed by atoms with E-state index in [9.17, 15) is 9.59 Å². The minimum atomic E-state index is -0.382. The third kappa shape index (κ3) is 5.83. The molecule has 0 aromatic carbocycles. The second kappa shape index (κ2) is 9.93. The summed E-state index contributed by atoms with van der Waals surface area (Å²) in [7, 11) is 0. The van der Waals surface area contributed by atoms with E-state index in [1.807, 2.05) is 0 Å². The number of ether oxygens (including phenoxy) is 1. The Balaban J connectivity index is 1.78. The molecule has 2 heterocycles. The molecule has 0 bridgehead atoms. The van der Waals surface area contributed by atoms with Crippen LogP contribution in [0.1, 0.15) is 72.1 Å². The molecule has 27 heavy (non-hydrogen) atoms. The van der Waals surface area contributed by atoms with Gasteiger partial charge in [0.2, 0.25) is 0 Å². The van der Waals surface area contributed by atoms with Gasteiger partial charge in [-0.25, -0.2) is 4.79 Å². The van der Waals surface area contributed by atoms with Crippen molar-refractivity contribution in [2.24, 2.45) is 11.8 Å². The molecule has 2 N–H and O–H groups in total. The Morgan fingerprint density at radius 2 is 1.85 bits per heavy atom. The Morgan fingerprint density at radius 3 is 2.48 bits per heavy atom. The summed E-state index contributed by atoms with van der Waals surface area (Å²) in [5.74, 6) is 1.02. The van der Waals surface area contributed by atoms with Crippen molar-refractivity contribution in [1.29, 1.82) is 0 Å². The number of carbonyl (C=O) groups excluding carboxylic acids is 2. The highest BCUT2D eigenvalue weighted by Crippen LogP contribution is 2.21. The Labute approximate surface area is 163 Å². The number of piperidine rings is 1. The van der Waals surface area contributed by atoms with Crippen molar-refractivity contribution in [3.05, 3.63) is 22.5 Å². The summed E-state index contributed by atoms with van der Waals surface area (Å²) in [4.78, 5) is 30.1. The van der Waals surface area contributed by atoms with Gasteiger partial charge in [-0.05, 0) is 64.0 Å². The van der Waals surface area contributed by atoms with Crippen LogP contribution in [0.15, 0.2) is 0 Å². The standard InChI is InChI=1S/C21H35N3O3/c1-6-27-21(26)18-16(4)19(23-17(18)5)20(25)22-9-7-8-10-24-12-14(2)11-15(3)13-24/h14-15,23H,6-13H2,1-5H3,(H,22,25). The Hall–Kier alpha value is -1.82. The lowest BCUT2D eigenvalue weighted by Crippen LogP contribution is -2.39. The predicted octanol–water partition coefficient (Wildman–Crippen LogP) is 3.30. The summed E-state index contributed by atoms with van der Waals surface area (Å²) in [6.45, 7) is 14.4. The quantitative estimate of drug-likeness (QED) is 0.538. The zero-order valence-corrected chi connectivity index (χ0v) is 17.5. The van der Waals surface area contributed by atoms with E-state index in [2.05, 4.69) is 29.0 Å². The number of amides is 1. The number of esters is 1. The van der Waals surface area contributed by atoms with Crippen molar-refractivity contribution in [2.45, 2.75) is 53.9 Å². The van der Waals surface area contributed by atoms with Gasteiger partial charge in [0.15, 0.2) is 0 Å². The van der Waals surface area contributed by atoms with Crippen molar-refractivity contribution in [1.82, 2.24) is 15.2 Å². The summed E-state index contributed by atoms with van der Waals surface area (Å²) in [5.41, 5.74) is 2.24. The van der Waals surface area contributed by atoms with Crippen LogP contribution in [-0.2, 0) is 4.74 Å². The van der Waals surface area contributed by atoms with Gasteiger partial charge < -0.3 is 19.9 Å². The molecule has 2 unspecified atom stereocenters. The van der Waals surface area contributed by atoms with E-state index in [1.165, 1.54) is 19.5 Å². The molecular formula is C21H35N3O3. The van der Waals surface area contributed by atoms with Gasteiger partial charge in [-0.2, -0.15) is 0 Å². The maximum Gasteiger partial charge on any atom is 0.340 e. The number of H-pyrrole nitrogens is 1.